The third-order valence-electron chi connectivity index (χ3n) is 4.47. The van der Waals surface area contributed by atoms with Gasteiger partial charge in [-0.15, -0.1) is 0 Å². The number of ether oxygens (including phenoxy) is 1. The first-order chi connectivity index (χ1) is 15.3. The first-order valence-electron chi connectivity index (χ1n) is 9.51. The number of rotatable bonds is 9. The number of aryl methyl sites for hydroxylation is 1. The number of benzene rings is 2. The van der Waals surface area contributed by atoms with E-state index in [1.54, 1.807) is 19.1 Å². The van der Waals surface area contributed by atoms with Crippen LogP contribution in [0.15, 0.2) is 58.9 Å². The number of nitrogens with one attached hydrogen (secondary N) is 1. The molecule has 0 amide bonds. The molecule has 0 saturated heterocycles. The maximum atomic E-state index is 13.0. The Morgan fingerprint density at radius 1 is 1.16 bits per heavy atom. The molecule has 0 fully saturated rings. The highest BCUT2D eigenvalue weighted by Crippen LogP contribution is 2.18. The molecule has 0 spiro atoms. The molecule has 0 unspecified atom stereocenters. The van der Waals surface area contributed by atoms with Gasteiger partial charge in [-0.3, -0.25) is 5.41 Å². The van der Waals surface area contributed by atoms with Crippen molar-refractivity contribution >= 4 is 28.9 Å². The summed E-state index contributed by atoms with van der Waals surface area (Å²) >= 11 is 0. The number of carbonyl (C=O) groups excluding carboxylic acids is 1. The maximum Gasteiger partial charge on any atom is 0.360 e. The van der Waals surface area contributed by atoms with Crippen molar-refractivity contribution in [1.82, 2.24) is 0 Å². The van der Waals surface area contributed by atoms with E-state index >= 15 is 0 Å². The highest BCUT2D eigenvalue weighted by Gasteiger charge is 2.20. The lowest BCUT2D eigenvalue weighted by Crippen LogP contribution is -2.20. The van der Waals surface area contributed by atoms with Crippen molar-refractivity contribution in [2.24, 2.45) is 10.3 Å². The standard InChI is InChI=1S/C23H24FN3O5/c1-14-6-5-7-18(22(27-31-4)23(29)30-3)19(14)13-32-26-15(2)20(25)12-21(28)16-8-10-17(24)11-9-16/h5-12,25,28H,13H2,1-4H3/p+1/b21-12-,25-20?,26-15+,27-22+. The number of allylic oxidation sites excluding steroid dienone is 1. The molecule has 0 aliphatic carbocycles. The van der Waals surface area contributed by atoms with Gasteiger partial charge in [-0.05, 0) is 43.7 Å². The molecule has 168 valence electrons. The van der Waals surface area contributed by atoms with Gasteiger partial charge in [0, 0.05) is 11.1 Å². The topological polar surface area (TPSA) is 116 Å². The summed E-state index contributed by atoms with van der Waals surface area (Å²) in [7, 11) is 2.58. The lowest BCUT2D eigenvalue weighted by Gasteiger charge is -2.12. The van der Waals surface area contributed by atoms with Gasteiger partial charge in [-0.2, -0.15) is 0 Å². The largest absolute Gasteiger partial charge is 0.593 e. The number of halogens is 1. The average Bonchev–Trinajstić information content (AvgIpc) is 2.78. The van der Waals surface area contributed by atoms with E-state index in [2.05, 4.69) is 10.3 Å². The van der Waals surface area contributed by atoms with Gasteiger partial charge in [0.25, 0.3) is 5.76 Å². The van der Waals surface area contributed by atoms with Crippen LogP contribution in [-0.4, -0.2) is 42.4 Å². The minimum Gasteiger partial charge on any atom is -0.593 e. The van der Waals surface area contributed by atoms with Crippen LogP contribution in [0.4, 0.5) is 4.39 Å². The summed E-state index contributed by atoms with van der Waals surface area (Å²) in [6.07, 6.45) is 1.30. The predicted molar refractivity (Wildman–Crippen MR) is 120 cm³/mol. The zero-order chi connectivity index (χ0) is 23.7. The number of hydrogen-bond acceptors (Lipinski definition) is 7. The van der Waals surface area contributed by atoms with Gasteiger partial charge in [0.15, 0.2) is 5.71 Å². The fraction of sp³-hybridized carbons (Fsp3) is 0.217. The van der Waals surface area contributed by atoms with Crippen LogP contribution in [0.2, 0.25) is 0 Å². The summed E-state index contributed by atoms with van der Waals surface area (Å²) in [5.74, 6) is -1.01. The van der Waals surface area contributed by atoms with Gasteiger partial charge < -0.3 is 19.5 Å². The van der Waals surface area contributed by atoms with Crippen molar-refractivity contribution in [3.05, 3.63) is 76.6 Å². The molecular formula is C23H25FN3O5+. The van der Waals surface area contributed by atoms with Crippen molar-refractivity contribution in [1.29, 1.82) is 5.41 Å². The Balaban J connectivity index is 2.19. The van der Waals surface area contributed by atoms with E-state index in [0.717, 1.165) is 5.56 Å². The summed E-state index contributed by atoms with van der Waals surface area (Å²) in [5, 5.41) is 23.9. The maximum absolute atomic E-state index is 13.0. The quantitative estimate of drug-likeness (QED) is 0.211. The summed E-state index contributed by atoms with van der Waals surface area (Å²) in [4.78, 5) is 22.3. The second kappa shape index (κ2) is 11.4. The Bertz CT molecular complexity index is 1080. The van der Waals surface area contributed by atoms with E-state index in [0.29, 0.717) is 16.7 Å². The monoisotopic (exact) mass is 442 g/mol. The third kappa shape index (κ3) is 6.24. The zero-order valence-corrected chi connectivity index (χ0v) is 18.2. The van der Waals surface area contributed by atoms with Gasteiger partial charge in [-0.1, -0.05) is 28.5 Å². The molecule has 0 atom stereocenters. The second-order valence-corrected chi connectivity index (χ2v) is 6.64. The van der Waals surface area contributed by atoms with Crippen LogP contribution in [-0.2, 0) is 25.8 Å². The molecule has 2 aromatic rings. The van der Waals surface area contributed by atoms with Crippen LogP contribution in [0.3, 0.4) is 0 Å². The minimum atomic E-state index is -0.658. The molecule has 0 bridgehead atoms. The molecule has 9 heteroatoms. The van der Waals surface area contributed by atoms with E-state index in [9.17, 15) is 9.18 Å². The number of hydrogen-bond donors (Lipinski definition) is 1. The SMILES string of the molecule is CO/N=C(/C(=O)OC)c1cccc(C)c1CO/N=C(\C)C(=N)/C=C(\[OH2+])c1ccc(F)cc1. The summed E-state index contributed by atoms with van der Waals surface area (Å²) in [6.45, 7) is 3.42. The van der Waals surface area contributed by atoms with Crippen molar-refractivity contribution in [3.8, 4) is 0 Å². The minimum absolute atomic E-state index is 0.00175. The fourth-order valence-electron chi connectivity index (χ4n) is 2.70. The average molecular weight is 442 g/mol. The van der Waals surface area contributed by atoms with Gasteiger partial charge in [0.2, 0.25) is 0 Å². The van der Waals surface area contributed by atoms with Gasteiger partial charge in [0.1, 0.15) is 25.2 Å². The summed E-state index contributed by atoms with van der Waals surface area (Å²) in [5.41, 5.74) is 2.65. The molecule has 8 nitrogen and oxygen atoms in total. The summed E-state index contributed by atoms with van der Waals surface area (Å²) in [6, 6.07) is 10.7. The van der Waals surface area contributed by atoms with Crippen molar-refractivity contribution < 1.29 is 28.7 Å². The van der Waals surface area contributed by atoms with E-state index < -0.39 is 11.8 Å². The Morgan fingerprint density at radius 2 is 1.84 bits per heavy atom. The Hall–Kier alpha value is -4.01. The second-order valence-electron chi connectivity index (χ2n) is 6.64. The van der Waals surface area contributed by atoms with E-state index in [1.165, 1.54) is 44.6 Å². The van der Waals surface area contributed by atoms with Crippen LogP contribution in [0.25, 0.3) is 5.76 Å². The fourth-order valence-corrected chi connectivity index (χ4v) is 2.70. The first-order valence-corrected chi connectivity index (χ1v) is 9.51. The third-order valence-corrected chi connectivity index (χ3v) is 4.47. The van der Waals surface area contributed by atoms with Gasteiger partial charge >= 0.3 is 5.97 Å². The Kier molecular flexibility index (Phi) is 8.64. The lowest BCUT2D eigenvalue weighted by atomic mass is 9.99. The Labute approximate surface area is 185 Å². The molecule has 0 radical (unpaired) electrons. The van der Waals surface area contributed by atoms with Crippen LogP contribution in [0.1, 0.15) is 29.2 Å². The molecule has 0 saturated carbocycles. The number of esters is 1. The number of carbonyl (C=O) groups is 1. The number of methoxy groups -OCH3 is 1. The molecule has 32 heavy (non-hydrogen) atoms. The van der Waals surface area contributed by atoms with Crippen molar-refractivity contribution in [2.75, 3.05) is 14.2 Å². The zero-order valence-electron chi connectivity index (χ0n) is 18.2. The predicted octanol–water partition coefficient (Wildman–Crippen LogP) is 3.34. The molecule has 2 rings (SSSR count). The van der Waals surface area contributed by atoms with Crippen molar-refractivity contribution in [3.63, 3.8) is 0 Å². The number of nitrogens with zero attached hydrogens (tertiary/aromatic N) is 2. The van der Waals surface area contributed by atoms with Crippen LogP contribution < -0.4 is 0 Å². The van der Waals surface area contributed by atoms with E-state index in [1.807, 2.05) is 13.0 Å². The van der Waals surface area contributed by atoms with Gasteiger partial charge in [-0.25, -0.2) is 9.18 Å². The lowest BCUT2D eigenvalue weighted by molar-refractivity contribution is -0.132. The van der Waals surface area contributed by atoms with Gasteiger partial charge in [0.05, 0.1) is 24.5 Å². The highest BCUT2D eigenvalue weighted by molar-refractivity contribution is 6.45. The highest BCUT2D eigenvalue weighted by atomic mass is 19.1. The van der Waals surface area contributed by atoms with Crippen LogP contribution in [0.5, 0.6) is 0 Å². The molecule has 2 aromatic carbocycles. The normalized spacial score (nSPS) is 12.3. The molecular weight excluding hydrogens is 417 g/mol. The van der Waals surface area contributed by atoms with E-state index in [4.69, 9.17) is 24.9 Å². The molecule has 0 aliphatic heterocycles. The molecule has 0 heterocycles. The van der Waals surface area contributed by atoms with E-state index in [-0.39, 0.29) is 29.5 Å². The smallest absolute Gasteiger partial charge is 0.360 e. The molecule has 3 N–H and O–H groups in total. The number of oxime groups is 2. The molecule has 0 aromatic heterocycles. The van der Waals surface area contributed by atoms with Crippen molar-refractivity contribution in [2.45, 2.75) is 20.5 Å². The first kappa shape index (κ1) is 24.3. The molecule has 0 aliphatic rings. The van der Waals surface area contributed by atoms with Crippen LogP contribution in [0, 0.1) is 18.2 Å². The summed E-state index contributed by atoms with van der Waals surface area (Å²) < 4.78 is 17.8. The van der Waals surface area contributed by atoms with Crippen LogP contribution >= 0.6 is 0 Å². The Morgan fingerprint density at radius 3 is 2.47 bits per heavy atom.